The van der Waals surface area contributed by atoms with E-state index in [1.54, 1.807) is 6.92 Å². The van der Waals surface area contributed by atoms with Crippen molar-refractivity contribution < 1.29 is 19.4 Å². The van der Waals surface area contributed by atoms with Gasteiger partial charge in [-0.3, -0.25) is 9.59 Å². The molecule has 0 aliphatic carbocycles. The molecule has 0 saturated carbocycles. The number of nitrogens with zero attached hydrogens (tertiary/aromatic N) is 1. The summed E-state index contributed by atoms with van der Waals surface area (Å²) in [5.41, 5.74) is 0. The number of methoxy groups -OCH3 is 1. The summed E-state index contributed by atoms with van der Waals surface area (Å²) >= 11 is 0. The third-order valence-electron chi connectivity index (χ3n) is 2.38. The molecule has 5 heteroatoms. The lowest BCUT2D eigenvalue weighted by Crippen LogP contribution is -2.40. The maximum atomic E-state index is 11.5. The van der Waals surface area contributed by atoms with Crippen molar-refractivity contribution in [3.8, 4) is 11.8 Å². The van der Waals surface area contributed by atoms with E-state index in [0.29, 0.717) is 13.0 Å². The minimum absolute atomic E-state index is 0.378. The van der Waals surface area contributed by atoms with Crippen LogP contribution >= 0.6 is 0 Å². The number of hydrogen-bond donors (Lipinski definition) is 1. The van der Waals surface area contributed by atoms with Crippen molar-refractivity contribution in [1.29, 1.82) is 0 Å². The third-order valence-corrected chi connectivity index (χ3v) is 2.38. The molecule has 1 rings (SSSR count). The van der Waals surface area contributed by atoms with Crippen LogP contribution in [0.5, 0.6) is 0 Å². The second-order valence-electron chi connectivity index (χ2n) is 3.23. The summed E-state index contributed by atoms with van der Waals surface area (Å²) in [6.07, 6.45) is -0.291. The Balaban J connectivity index is 2.80. The van der Waals surface area contributed by atoms with Crippen LogP contribution in [0.4, 0.5) is 0 Å². The van der Waals surface area contributed by atoms with E-state index in [4.69, 9.17) is 9.84 Å². The van der Waals surface area contributed by atoms with E-state index in [1.165, 1.54) is 12.0 Å². The van der Waals surface area contributed by atoms with Gasteiger partial charge >= 0.3 is 11.9 Å². The molecular formula is C10H13NO4. The largest absolute Gasteiger partial charge is 0.481 e. The van der Waals surface area contributed by atoms with Crippen LogP contribution in [0.15, 0.2) is 0 Å². The lowest BCUT2D eigenvalue weighted by Gasteiger charge is -2.23. The molecule has 1 fully saturated rings. The standard InChI is InChI=1S/C10H13NO4/c1-3-4-8(12)11-6-5-7(10(13)14)9(11)15-2/h7,9H,5-6H2,1-2H3,(H,13,14). The Labute approximate surface area is 88.0 Å². The van der Waals surface area contributed by atoms with E-state index < -0.39 is 18.1 Å². The highest BCUT2D eigenvalue weighted by atomic mass is 16.5. The van der Waals surface area contributed by atoms with Gasteiger partial charge in [-0.1, -0.05) is 5.92 Å². The number of hydrogen-bond acceptors (Lipinski definition) is 3. The van der Waals surface area contributed by atoms with Crippen molar-refractivity contribution in [2.75, 3.05) is 13.7 Å². The molecule has 2 unspecified atom stereocenters. The normalized spacial score (nSPS) is 24.5. The van der Waals surface area contributed by atoms with Crippen molar-refractivity contribution in [1.82, 2.24) is 4.90 Å². The molecule has 15 heavy (non-hydrogen) atoms. The van der Waals surface area contributed by atoms with E-state index >= 15 is 0 Å². The molecule has 2 atom stereocenters. The van der Waals surface area contributed by atoms with Gasteiger partial charge in [-0.2, -0.15) is 0 Å². The molecule has 0 spiro atoms. The Morgan fingerprint density at radius 2 is 2.20 bits per heavy atom. The van der Waals surface area contributed by atoms with Crippen LogP contribution in [0.1, 0.15) is 13.3 Å². The Hall–Kier alpha value is -1.54. The van der Waals surface area contributed by atoms with Crippen LogP contribution < -0.4 is 0 Å². The predicted octanol–water partition coefficient (Wildman–Crippen LogP) is -0.0847. The first-order chi connectivity index (χ1) is 7.11. The summed E-state index contributed by atoms with van der Waals surface area (Å²) in [5, 5.41) is 8.89. The topological polar surface area (TPSA) is 66.8 Å². The number of rotatable bonds is 2. The summed E-state index contributed by atoms with van der Waals surface area (Å²) in [7, 11) is 1.39. The molecule has 0 aromatic rings. The molecule has 82 valence electrons. The Morgan fingerprint density at radius 1 is 1.53 bits per heavy atom. The molecule has 1 N–H and O–H groups in total. The Kier molecular flexibility index (Phi) is 3.69. The highest BCUT2D eigenvalue weighted by Crippen LogP contribution is 2.24. The van der Waals surface area contributed by atoms with Crippen molar-refractivity contribution >= 4 is 11.9 Å². The Bertz CT molecular complexity index is 328. The van der Waals surface area contributed by atoms with Gasteiger partial charge in [0.1, 0.15) is 12.1 Å². The molecule has 1 saturated heterocycles. The van der Waals surface area contributed by atoms with Gasteiger partial charge in [-0.25, -0.2) is 0 Å². The number of carboxylic acids is 1. The summed E-state index contributed by atoms with van der Waals surface area (Å²) in [5.74, 6) is 2.88. The fraction of sp³-hybridized carbons (Fsp3) is 0.600. The van der Waals surface area contributed by atoms with E-state index in [2.05, 4.69) is 11.8 Å². The number of carbonyl (C=O) groups is 2. The molecule has 0 aromatic carbocycles. The zero-order chi connectivity index (χ0) is 11.4. The van der Waals surface area contributed by atoms with Gasteiger partial charge in [0.2, 0.25) is 0 Å². The highest BCUT2D eigenvalue weighted by molar-refractivity contribution is 5.94. The Morgan fingerprint density at radius 3 is 2.67 bits per heavy atom. The minimum Gasteiger partial charge on any atom is -0.481 e. The minimum atomic E-state index is -0.943. The molecule has 1 heterocycles. The quantitative estimate of drug-likeness (QED) is 0.648. The van der Waals surface area contributed by atoms with Gasteiger partial charge in [0.05, 0.1) is 0 Å². The van der Waals surface area contributed by atoms with Gasteiger partial charge in [0, 0.05) is 13.7 Å². The van der Waals surface area contributed by atoms with E-state index in [9.17, 15) is 9.59 Å². The second-order valence-corrected chi connectivity index (χ2v) is 3.23. The first kappa shape index (κ1) is 11.5. The number of aliphatic carboxylic acids is 1. The number of carbonyl (C=O) groups excluding carboxylic acids is 1. The maximum absolute atomic E-state index is 11.5. The molecule has 5 nitrogen and oxygen atoms in total. The summed E-state index contributed by atoms with van der Waals surface area (Å²) in [6.45, 7) is 1.94. The van der Waals surface area contributed by atoms with Gasteiger partial charge in [-0.15, -0.1) is 0 Å². The first-order valence-corrected chi connectivity index (χ1v) is 4.60. The smallest absolute Gasteiger partial charge is 0.311 e. The zero-order valence-corrected chi connectivity index (χ0v) is 8.69. The SMILES string of the molecule is CC#CC(=O)N1CCC(C(=O)O)C1OC. The summed E-state index contributed by atoms with van der Waals surface area (Å²) in [6, 6.07) is 0. The van der Waals surface area contributed by atoms with E-state index in [1.807, 2.05) is 0 Å². The van der Waals surface area contributed by atoms with Crippen LogP contribution in [0.3, 0.4) is 0 Å². The monoisotopic (exact) mass is 211 g/mol. The second kappa shape index (κ2) is 4.80. The zero-order valence-electron chi connectivity index (χ0n) is 8.69. The first-order valence-electron chi connectivity index (χ1n) is 4.60. The number of carboxylic acid groups (broad SMARTS) is 1. The molecular weight excluding hydrogens is 198 g/mol. The van der Waals surface area contributed by atoms with Crippen LogP contribution in [0, 0.1) is 17.8 Å². The molecule has 0 radical (unpaired) electrons. The number of ether oxygens (including phenoxy) is 1. The van der Waals surface area contributed by atoms with Crippen molar-refractivity contribution in [3.05, 3.63) is 0 Å². The summed E-state index contributed by atoms with van der Waals surface area (Å²) in [4.78, 5) is 23.7. The van der Waals surface area contributed by atoms with Crippen molar-refractivity contribution in [2.24, 2.45) is 5.92 Å². The maximum Gasteiger partial charge on any atom is 0.311 e. The average molecular weight is 211 g/mol. The van der Waals surface area contributed by atoms with Crippen molar-refractivity contribution in [2.45, 2.75) is 19.6 Å². The van der Waals surface area contributed by atoms with Crippen LogP contribution in [-0.2, 0) is 14.3 Å². The van der Waals surface area contributed by atoms with E-state index in [0.717, 1.165) is 0 Å². The molecule has 0 bridgehead atoms. The van der Waals surface area contributed by atoms with Gasteiger partial charge in [0.15, 0.2) is 0 Å². The lowest BCUT2D eigenvalue weighted by atomic mass is 10.1. The van der Waals surface area contributed by atoms with Gasteiger partial charge < -0.3 is 14.7 Å². The third kappa shape index (κ3) is 2.28. The van der Waals surface area contributed by atoms with Gasteiger partial charge in [-0.05, 0) is 19.3 Å². The summed E-state index contributed by atoms with van der Waals surface area (Å²) < 4.78 is 5.02. The fourth-order valence-corrected chi connectivity index (χ4v) is 1.70. The number of likely N-dealkylation sites (tertiary alicyclic amines) is 1. The average Bonchev–Trinajstić information content (AvgIpc) is 2.61. The fourth-order valence-electron chi connectivity index (χ4n) is 1.70. The van der Waals surface area contributed by atoms with Crippen LogP contribution in [0.25, 0.3) is 0 Å². The molecule has 0 aromatic heterocycles. The van der Waals surface area contributed by atoms with Gasteiger partial charge in [0.25, 0.3) is 0 Å². The predicted molar refractivity (Wildman–Crippen MR) is 51.7 cm³/mol. The molecule has 1 aliphatic rings. The van der Waals surface area contributed by atoms with Crippen LogP contribution in [0.2, 0.25) is 0 Å². The van der Waals surface area contributed by atoms with E-state index in [-0.39, 0.29) is 5.91 Å². The molecule has 1 aliphatic heterocycles. The van der Waals surface area contributed by atoms with Crippen molar-refractivity contribution in [3.63, 3.8) is 0 Å². The van der Waals surface area contributed by atoms with Crippen LogP contribution in [-0.4, -0.2) is 41.8 Å². The number of amides is 1. The lowest BCUT2D eigenvalue weighted by molar-refractivity contribution is -0.151. The highest BCUT2D eigenvalue weighted by Gasteiger charge is 2.40. The molecule has 1 amide bonds.